The second-order valence-corrected chi connectivity index (χ2v) is 9.73. The minimum absolute atomic E-state index is 0.243. The van der Waals surface area contributed by atoms with Crippen molar-refractivity contribution in [2.75, 3.05) is 6.61 Å². The molecule has 0 amide bonds. The Morgan fingerprint density at radius 2 is 1.90 bits per heavy atom. The second-order valence-electron chi connectivity index (χ2n) is 8.82. The van der Waals surface area contributed by atoms with Crippen molar-refractivity contribution in [3.8, 4) is 11.5 Å². The Balaban J connectivity index is 1.87. The van der Waals surface area contributed by atoms with E-state index < -0.39 is 10.8 Å². The first-order chi connectivity index (χ1) is 14.6. The summed E-state index contributed by atoms with van der Waals surface area (Å²) in [5.41, 5.74) is 0.715. The molecule has 8 heteroatoms. The fraction of sp³-hybridized carbons (Fsp3) is 0.478. The van der Waals surface area contributed by atoms with Gasteiger partial charge in [-0.15, -0.1) is 0 Å². The van der Waals surface area contributed by atoms with Crippen LogP contribution in [0.15, 0.2) is 45.7 Å². The zero-order valence-electron chi connectivity index (χ0n) is 18.8. The molecule has 0 aliphatic heterocycles. The van der Waals surface area contributed by atoms with Crippen molar-refractivity contribution in [3.63, 3.8) is 0 Å². The summed E-state index contributed by atoms with van der Waals surface area (Å²) >= 11 is 3.49. The first-order valence-electron chi connectivity index (χ1n) is 10.4. The molecule has 0 N–H and O–H groups in total. The average Bonchev–Trinajstić information content (AvgIpc) is 3.37. The number of carbonyl (C=O) groups is 1. The number of benzene rings is 1. The van der Waals surface area contributed by atoms with Gasteiger partial charge in [-0.1, -0.05) is 47.1 Å². The number of nitrogens with zero attached hydrogens (tertiary/aromatic N) is 4. The third-order valence-corrected chi connectivity index (χ3v) is 6.28. The molecule has 3 aromatic rings. The maximum absolute atomic E-state index is 12.2. The molecule has 2 heterocycles. The number of aromatic nitrogens is 4. The number of hydrogen-bond donors (Lipinski definition) is 0. The van der Waals surface area contributed by atoms with E-state index >= 15 is 0 Å². The highest BCUT2D eigenvalue weighted by molar-refractivity contribution is 9.10. The number of ether oxygens (including phenoxy) is 1. The van der Waals surface area contributed by atoms with Crippen molar-refractivity contribution in [1.29, 1.82) is 0 Å². The van der Waals surface area contributed by atoms with Gasteiger partial charge in [0.1, 0.15) is 0 Å². The minimum atomic E-state index is -0.697. The highest BCUT2D eigenvalue weighted by atomic mass is 79.9. The second kappa shape index (κ2) is 8.94. The quantitative estimate of drug-likeness (QED) is 0.402. The summed E-state index contributed by atoms with van der Waals surface area (Å²) in [6.45, 7) is 12.6. The van der Waals surface area contributed by atoms with E-state index in [2.05, 4.69) is 59.1 Å². The summed E-state index contributed by atoms with van der Waals surface area (Å²) in [4.78, 5) is 16.9. The molecular weight excluding hydrogens is 460 g/mol. The summed E-state index contributed by atoms with van der Waals surface area (Å²) in [7, 11) is 0. The lowest BCUT2D eigenvalue weighted by molar-refractivity contribution is -0.154. The molecule has 1 unspecified atom stereocenters. The van der Waals surface area contributed by atoms with E-state index in [0.717, 1.165) is 10.0 Å². The summed E-state index contributed by atoms with van der Waals surface area (Å²) in [6.07, 6.45) is 3.48. The van der Waals surface area contributed by atoms with Crippen LogP contribution in [0.5, 0.6) is 0 Å². The molecule has 0 saturated heterocycles. The van der Waals surface area contributed by atoms with E-state index in [4.69, 9.17) is 14.2 Å². The van der Waals surface area contributed by atoms with Gasteiger partial charge >= 0.3 is 5.97 Å². The van der Waals surface area contributed by atoms with Gasteiger partial charge in [0.25, 0.3) is 5.89 Å². The first kappa shape index (κ1) is 23.2. The van der Waals surface area contributed by atoms with Gasteiger partial charge in [0.05, 0.1) is 35.7 Å². The van der Waals surface area contributed by atoms with Crippen molar-refractivity contribution in [3.05, 3.63) is 52.5 Å². The molecule has 2 aromatic heterocycles. The maximum atomic E-state index is 12.2. The number of hydrogen-bond acceptors (Lipinski definition) is 6. The van der Waals surface area contributed by atoms with E-state index in [0.29, 0.717) is 30.4 Å². The van der Waals surface area contributed by atoms with Gasteiger partial charge in [0, 0.05) is 10.7 Å². The van der Waals surface area contributed by atoms with Crippen LogP contribution >= 0.6 is 15.9 Å². The molecule has 31 heavy (non-hydrogen) atoms. The topological polar surface area (TPSA) is 83.0 Å². The Morgan fingerprint density at radius 1 is 1.23 bits per heavy atom. The normalized spacial score (nSPS) is 13.9. The number of rotatable bonds is 8. The molecule has 0 bridgehead atoms. The molecule has 1 atom stereocenters. The maximum Gasteiger partial charge on any atom is 0.313 e. The van der Waals surface area contributed by atoms with Crippen LogP contribution < -0.4 is 0 Å². The molecule has 0 saturated carbocycles. The molecule has 3 rings (SSSR count). The summed E-state index contributed by atoms with van der Waals surface area (Å²) in [5, 5.41) is 8.68. The third kappa shape index (κ3) is 4.74. The van der Waals surface area contributed by atoms with Crippen molar-refractivity contribution in [2.24, 2.45) is 11.3 Å². The Bertz CT molecular complexity index is 1040. The predicted octanol–water partition coefficient (Wildman–Crippen LogP) is 5.25. The zero-order chi connectivity index (χ0) is 22.8. The Labute approximate surface area is 191 Å². The lowest BCUT2D eigenvalue weighted by atomic mass is 9.73. The average molecular weight is 489 g/mol. The van der Waals surface area contributed by atoms with E-state index in [1.54, 1.807) is 17.8 Å². The summed E-state index contributed by atoms with van der Waals surface area (Å²) in [5.74, 6) is 1.01. The SMILES string of the molecule is CCOC(=O)C(C)(C)Cn1cc(-c2nc(C(C)(c3ccc(Br)cc3)C(C)C)no2)cn1. The highest BCUT2D eigenvalue weighted by Crippen LogP contribution is 2.38. The van der Waals surface area contributed by atoms with Crippen LogP contribution in [0, 0.1) is 11.3 Å². The molecule has 0 fully saturated rings. The van der Waals surface area contributed by atoms with Gasteiger partial charge in [-0.05, 0) is 51.3 Å². The predicted molar refractivity (Wildman–Crippen MR) is 121 cm³/mol. The Kier molecular flexibility index (Phi) is 6.69. The van der Waals surface area contributed by atoms with Crippen LogP contribution in [-0.4, -0.2) is 32.5 Å². The van der Waals surface area contributed by atoms with Gasteiger partial charge in [-0.25, -0.2) is 0 Å². The number of esters is 1. The van der Waals surface area contributed by atoms with Crippen LogP contribution in [0.2, 0.25) is 0 Å². The van der Waals surface area contributed by atoms with Crippen molar-refractivity contribution in [1.82, 2.24) is 19.9 Å². The van der Waals surface area contributed by atoms with Crippen LogP contribution in [0.25, 0.3) is 11.5 Å². The monoisotopic (exact) mass is 488 g/mol. The third-order valence-electron chi connectivity index (χ3n) is 5.75. The fourth-order valence-electron chi connectivity index (χ4n) is 3.42. The lowest BCUT2D eigenvalue weighted by Gasteiger charge is -2.31. The van der Waals surface area contributed by atoms with Crippen LogP contribution in [0.3, 0.4) is 0 Å². The minimum Gasteiger partial charge on any atom is -0.466 e. The van der Waals surface area contributed by atoms with Crippen LogP contribution in [0.1, 0.15) is 52.9 Å². The molecule has 0 aliphatic carbocycles. The van der Waals surface area contributed by atoms with Crippen molar-refractivity contribution >= 4 is 21.9 Å². The Hall–Kier alpha value is -2.48. The van der Waals surface area contributed by atoms with Crippen molar-refractivity contribution < 1.29 is 14.1 Å². The van der Waals surface area contributed by atoms with Gasteiger partial charge < -0.3 is 9.26 Å². The zero-order valence-corrected chi connectivity index (χ0v) is 20.4. The highest BCUT2D eigenvalue weighted by Gasteiger charge is 2.37. The smallest absolute Gasteiger partial charge is 0.313 e. The van der Waals surface area contributed by atoms with Gasteiger partial charge in [0.2, 0.25) is 0 Å². The summed E-state index contributed by atoms with van der Waals surface area (Å²) in [6, 6.07) is 8.20. The molecule has 0 radical (unpaired) electrons. The number of halogens is 1. The molecule has 0 spiro atoms. The molecular formula is C23H29BrN4O3. The number of carbonyl (C=O) groups excluding carboxylic acids is 1. The molecule has 166 valence electrons. The fourth-order valence-corrected chi connectivity index (χ4v) is 3.69. The van der Waals surface area contributed by atoms with Gasteiger partial charge in [-0.2, -0.15) is 10.1 Å². The van der Waals surface area contributed by atoms with Crippen LogP contribution in [0.4, 0.5) is 0 Å². The van der Waals surface area contributed by atoms with E-state index in [1.807, 2.05) is 32.2 Å². The van der Waals surface area contributed by atoms with Gasteiger partial charge in [-0.3, -0.25) is 9.48 Å². The standard InChI is InChI=1S/C23H29BrN4O3/c1-7-30-21(29)22(4,5)14-28-13-16(12-25-28)19-26-20(27-31-19)23(6,15(2)3)17-8-10-18(24)11-9-17/h8-13,15H,7,14H2,1-6H3. The van der Waals surface area contributed by atoms with E-state index in [9.17, 15) is 4.79 Å². The van der Waals surface area contributed by atoms with Crippen molar-refractivity contribution in [2.45, 2.75) is 53.5 Å². The van der Waals surface area contributed by atoms with E-state index in [-0.39, 0.29) is 11.9 Å². The van der Waals surface area contributed by atoms with E-state index in [1.165, 1.54) is 0 Å². The van der Waals surface area contributed by atoms with Crippen LogP contribution in [-0.2, 0) is 21.5 Å². The molecule has 1 aromatic carbocycles. The lowest BCUT2D eigenvalue weighted by Crippen LogP contribution is -2.31. The largest absolute Gasteiger partial charge is 0.466 e. The molecule has 0 aliphatic rings. The summed E-state index contributed by atoms with van der Waals surface area (Å²) < 4.78 is 13.5. The molecule has 7 nitrogen and oxygen atoms in total. The Morgan fingerprint density at radius 3 is 2.52 bits per heavy atom. The van der Waals surface area contributed by atoms with Gasteiger partial charge in [0.15, 0.2) is 5.82 Å². The first-order valence-corrected chi connectivity index (χ1v) is 11.2.